The number of imidazole rings is 1. The number of halogens is 1. The van der Waals surface area contributed by atoms with Crippen LogP contribution in [-0.2, 0) is 18.6 Å². The minimum Gasteiger partial charge on any atom is -0.350 e. The van der Waals surface area contributed by atoms with Crippen LogP contribution in [0.25, 0.3) is 11.2 Å². The van der Waals surface area contributed by atoms with Gasteiger partial charge in [-0.3, -0.25) is 33.9 Å². The van der Waals surface area contributed by atoms with Crippen LogP contribution in [-0.4, -0.2) is 81.9 Å². The predicted octanol–water partition coefficient (Wildman–Crippen LogP) is 1.47. The number of amides is 1. The number of likely N-dealkylation sites (N-methyl/N-ethyl adjacent to an activating group) is 1. The molecule has 0 aliphatic carbocycles. The van der Waals surface area contributed by atoms with Gasteiger partial charge in [0.2, 0.25) is 11.9 Å². The zero-order chi connectivity index (χ0) is 22.9. The molecule has 3 atom stereocenters. The van der Waals surface area contributed by atoms with Gasteiger partial charge in [-0.05, 0) is 32.4 Å². The predicted molar refractivity (Wildman–Crippen MR) is 116 cm³/mol. The molecule has 31 heavy (non-hydrogen) atoms. The second-order valence-corrected chi connectivity index (χ2v) is 11.2. The topological polar surface area (TPSA) is 135 Å². The Labute approximate surface area is 184 Å². The van der Waals surface area contributed by atoms with Gasteiger partial charge < -0.3 is 9.26 Å². The van der Waals surface area contributed by atoms with Gasteiger partial charge in [0.1, 0.15) is 6.23 Å². The summed E-state index contributed by atoms with van der Waals surface area (Å²) in [5.74, 6) is -0.510. The zero-order valence-electron chi connectivity index (χ0n) is 18.0. The summed E-state index contributed by atoms with van der Waals surface area (Å²) >= 11 is 5.93. The van der Waals surface area contributed by atoms with Gasteiger partial charge in [0.15, 0.2) is 11.2 Å². The summed E-state index contributed by atoms with van der Waals surface area (Å²) in [6.45, 7) is 1.12. The van der Waals surface area contributed by atoms with Crippen LogP contribution in [0.3, 0.4) is 0 Å². The third-order valence-corrected chi connectivity index (χ3v) is 7.36. The third-order valence-electron chi connectivity index (χ3n) is 4.74. The van der Waals surface area contributed by atoms with Crippen LogP contribution in [0.1, 0.15) is 20.1 Å². The molecule has 172 valence electrons. The van der Waals surface area contributed by atoms with Crippen LogP contribution in [0.5, 0.6) is 0 Å². The van der Waals surface area contributed by atoms with Gasteiger partial charge in [0.05, 0.1) is 19.0 Å². The molecule has 1 amide bonds. The zero-order valence-corrected chi connectivity index (χ0v) is 19.7. The second-order valence-electron chi connectivity index (χ2n) is 7.91. The first-order valence-electron chi connectivity index (χ1n) is 9.71. The lowest BCUT2D eigenvalue weighted by atomic mass is 10.2. The summed E-state index contributed by atoms with van der Waals surface area (Å²) in [4.78, 5) is 37.4. The van der Waals surface area contributed by atoms with Gasteiger partial charge in [-0.2, -0.15) is 4.98 Å². The molecule has 2 aromatic rings. The van der Waals surface area contributed by atoms with Crippen molar-refractivity contribution in [2.45, 2.75) is 26.2 Å². The Balaban J connectivity index is 1.84. The molecule has 1 aliphatic rings. The summed E-state index contributed by atoms with van der Waals surface area (Å²) < 4.78 is 26.7. The number of aromatic nitrogens is 4. The highest BCUT2D eigenvalue weighted by Crippen LogP contribution is 2.54. The summed E-state index contributed by atoms with van der Waals surface area (Å²) in [5, 5.41) is 2.59. The molecule has 0 aromatic carbocycles. The van der Waals surface area contributed by atoms with Crippen molar-refractivity contribution >= 4 is 41.1 Å². The minimum atomic E-state index is -3.41. The number of carbonyl (C=O) groups is 1. The Hall–Kier alpha value is -1.82. The van der Waals surface area contributed by atoms with E-state index < -0.39 is 24.8 Å². The maximum Gasteiger partial charge on any atom is 0.362 e. The van der Waals surface area contributed by atoms with E-state index in [0.717, 1.165) is 0 Å². The molecule has 1 saturated heterocycles. The maximum absolute atomic E-state index is 12.4. The molecular weight excluding hydrogens is 449 g/mol. The standard InChI is InChI=1S/C17H27ClN7O5P/c1-10(2)15(26)21-17-20-14-13(16(27)22-17)19-9-25(14)12-7-24(5)6-11(30-12)8-29-31(18,28)23(3)4/h9-12H,6-8H2,1-5H3,(H2,20,21,22,26,27)/t11-,12+,31-/m0/s1. The number of ether oxygens (including phenoxy) is 1. The van der Waals surface area contributed by atoms with E-state index in [1.807, 2.05) is 11.9 Å². The number of hydrogen-bond donors (Lipinski definition) is 2. The number of H-pyrrole nitrogens is 1. The molecule has 0 bridgehead atoms. The largest absolute Gasteiger partial charge is 0.362 e. The summed E-state index contributed by atoms with van der Waals surface area (Å²) in [6, 6.07) is 0. The van der Waals surface area contributed by atoms with Crippen molar-refractivity contribution in [3.05, 3.63) is 16.7 Å². The van der Waals surface area contributed by atoms with Gasteiger partial charge in [0.25, 0.3) is 5.56 Å². The van der Waals surface area contributed by atoms with Crippen LogP contribution >= 0.6 is 18.1 Å². The third kappa shape index (κ3) is 5.51. The van der Waals surface area contributed by atoms with Crippen LogP contribution in [0.15, 0.2) is 11.1 Å². The van der Waals surface area contributed by atoms with Crippen molar-refractivity contribution in [2.24, 2.45) is 5.92 Å². The number of morpholine rings is 1. The SMILES string of the molecule is CC(C)C(=O)Nc1nc2c(ncn2[C@H]2CN(C)C[C@@H](CO[P@@](=O)(Cl)N(C)C)O2)c(=O)[nH]1. The van der Waals surface area contributed by atoms with Crippen molar-refractivity contribution in [2.75, 3.05) is 46.2 Å². The lowest BCUT2D eigenvalue weighted by molar-refractivity contribution is -0.124. The molecule has 1 aliphatic heterocycles. The van der Waals surface area contributed by atoms with Crippen molar-refractivity contribution in [1.82, 2.24) is 29.1 Å². The Bertz CT molecular complexity index is 1060. The van der Waals surface area contributed by atoms with Gasteiger partial charge in [-0.25, -0.2) is 9.65 Å². The molecule has 0 unspecified atom stereocenters. The van der Waals surface area contributed by atoms with E-state index in [1.54, 1.807) is 32.5 Å². The Morgan fingerprint density at radius 1 is 1.48 bits per heavy atom. The van der Waals surface area contributed by atoms with E-state index in [2.05, 4.69) is 20.3 Å². The van der Waals surface area contributed by atoms with Crippen LogP contribution in [0.4, 0.5) is 5.95 Å². The molecule has 0 radical (unpaired) electrons. The second kappa shape index (κ2) is 9.35. The van der Waals surface area contributed by atoms with E-state index >= 15 is 0 Å². The first-order valence-corrected chi connectivity index (χ1v) is 12.2. The monoisotopic (exact) mass is 475 g/mol. The highest BCUT2D eigenvalue weighted by molar-refractivity contribution is 7.83. The Kier molecular flexibility index (Phi) is 7.19. The molecule has 12 nitrogen and oxygen atoms in total. The first-order chi connectivity index (χ1) is 14.5. The van der Waals surface area contributed by atoms with Crippen LogP contribution in [0.2, 0.25) is 0 Å². The molecule has 1 fully saturated rings. The van der Waals surface area contributed by atoms with Crippen molar-refractivity contribution < 1.29 is 18.6 Å². The number of anilines is 1. The average Bonchev–Trinajstić information content (AvgIpc) is 3.10. The van der Waals surface area contributed by atoms with E-state index in [0.29, 0.717) is 13.1 Å². The fourth-order valence-corrected chi connectivity index (χ4v) is 3.74. The average molecular weight is 476 g/mol. The van der Waals surface area contributed by atoms with Crippen molar-refractivity contribution in [3.8, 4) is 0 Å². The number of hydrogen-bond acceptors (Lipinski definition) is 8. The molecule has 2 aromatic heterocycles. The smallest absolute Gasteiger partial charge is 0.350 e. The lowest BCUT2D eigenvalue weighted by Gasteiger charge is -2.36. The fraction of sp³-hybridized carbons (Fsp3) is 0.647. The number of carbonyl (C=O) groups excluding carboxylic acids is 1. The highest BCUT2D eigenvalue weighted by atomic mass is 35.7. The maximum atomic E-state index is 12.4. The number of nitrogens with one attached hydrogen (secondary N) is 2. The summed E-state index contributed by atoms with van der Waals surface area (Å²) in [5.41, 5.74) is -0.0648. The fourth-order valence-electron chi connectivity index (χ4n) is 2.99. The Morgan fingerprint density at radius 3 is 2.84 bits per heavy atom. The van der Waals surface area contributed by atoms with E-state index in [4.69, 9.17) is 20.5 Å². The van der Waals surface area contributed by atoms with Gasteiger partial charge in [0, 0.05) is 19.0 Å². The summed E-state index contributed by atoms with van der Waals surface area (Å²) in [7, 11) is 5.05. The number of nitrogens with zero attached hydrogens (tertiary/aromatic N) is 5. The van der Waals surface area contributed by atoms with Crippen LogP contribution in [0, 0.1) is 5.92 Å². The minimum absolute atomic E-state index is 0.0239. The lowest BCUT2D eigenvalue weighted by Crippen LogP contribution is -2.45. The molecule has 14 heteroatoms. The van der Waals surface area contributed by atoms with Gasteiger partial charge >= 0.3 is 6.87 Å². The molecular formula is C17H27ClN7O5P. The number of fused-ring (bicyclic) bond motifs is 1. The first kappa shape index (κ1) is 23.8. The van der Waals surface area contributed by atoms with Crippen molar-refractivity contribution in [3.63, 3.8) is 0 Å². The number of aromatic amines is 1. The van der Waals surface area contributed by atoms with Gasteiger partial charge in [-0.15, -0.1) is 0 Å². The molecule has 2 N–H and O–H groups in total. The quantitative estimate of drug-likeness (QED) is 0.570. The normalized spacial score (nSPS) is 22.2. The van der Waals surface area contributed by atoms with E-state index in [-0.39, 0.29) is 35.5 Å². The highest BCUT2D eigenvalue weighted by Gasteiger charge is 2.32. The van der Waals surface area contributed by atoms with E-state index in [1.165, 1.54) is 11.0 Å². The summed E-state index contributed by atoms with van der Waals surface area (Å²) in [6.07, 6.45) is 0.513. The van der Waals surface area contributed by atoms with Crippen molar-refractivity contribution in [1.29, 1.82) is 0 Å². The van der Waals surface area contributed by atoms with Crippen LogP contribution < -0.4 is 10.9 Å². The van der Waals surface area contributed by atoms with Gasteiger partial charge in [-0.1, -0.05) is 13.8 Å². The molecule has 3 heterocycles. The van der Waals surface area contributed by atoms with E-state index in [9.17, 15) is 14.2 Å². The molecule has 0 spiro atoms. The number of rotatable bonds is 7. The molecule has 0 saturated carbocycles. The Morgan fingerprint density at radius 2 is 2.19 bits per heavy atom. The molecule has 3 rings (SSSR count).